The van der Waals surface area contributed by atoms with Crippen molar-refractivity contribution < 1.29 is 9.59 Å². The Labute approximate surface area is 171 Å². The molecule has 0 aliphatic rings. The number of hydrogen-bond donors (Lipinski definition) is 1. The van der Waals surface area contributed by atoms with Crippen molar-refractivity contribution in [2.24, 2.45) is 0 Å². The molecule has 136 valence electrons. The Bertz CT molecular complexity index is 1000. The summed E-state index contributed by atoms with van der Waals surface area (Å²) in [5.41, 5.74) is 1.51. The van der Waals surface area contributed by atoms with Gasteiger partial charge in [0.05, 0.1) is 10.7 Å². The zero-order valence-electron chi connectivity index (χ0n) is 14.3. The molecule has 0 spiro atoms. The van der Waals surface area contributed by atoms with Crippen molar-refractivity contribution in [1.29, 1.82) is 0 Å². The van der Waals surface area contributed by atoms with Crippen molar-refractivity contribution in [2.75, 3.05) is 11.6 Å². The number of ketones is 1. The SMILES string of the molecule is CSc1ccc(C(=O)Nc2ccc(Cl)cc2C(=O)c2ccccc2Cl)cc1. The first kappa shape index (κ1) is 19.5. The number of hydrogen-bond acceptors (Lipinski definition) is 3. The van der Waals surface area contributed by atoms with Gasteiger partial charge in [-0.05, 0) is 60.9 Å². The van der Waals surface area contributed by atoms with E-state index < -0.39 is 0 Å². The van der Waals surface area contributed by atoms with E-state index in [9.17, 15) is 9.59 Å². The molecule has 3 aromatic rings. The van der Waals surface area contributed by atoms with Crippen LogP contribution in [0.3, 0.4) is 0 Å². The summed E-state index contributed by atoms with van der Waals surface area (Å²) < 4.78 is 0. The first-order chi connectivity index (χ1) is 13.0. The van der Waals surface area contributed by atoms with Crippen LogP contribution in [0.15, 0.2) is 71.6 Å². The number of thioether (sulfide) groups is 1. The van der Waals surface area contributed by atoms with E-state index in [2.05, 4.69) is 5.32 Å². The fourth-order valence-corrected chi connectivity index (χ4v) is 3.34. The number of carbonyl (C=O) groups excluding carboxylic acids is 2. The standard InChI is InChI=1S/C21H15Cl2NO2S/c1-27-15-9-6-13(7-10-15)21(26)24-19-11-8-14(22)12-17(19)20(25)16-4-2-3-5-18(16)23/h2-12H,1H3,(H,24,26). The first-order valence-corrected chi connectivity index (χ1v) is 10.0. The molecular weight excluding hydrogens is 401 g/mol. The second kappa shape index (κ2) is 8.61. The largest absolute Gasteiger partial charge is 0.321 e. The third-order valence-electron chi connectivity index (χ3n) is 3.95. The molecule has 1 amide bonds. The summed E-state index contributed by atoms with van der Waals surface area (Å²) in [4.78, 5) is 26.6. The molecule has 0 atom stereocenters. The molecule has 0 saturated carbocycles. The second-order valence-corrected chi connectivity index (χ2v) is 7.40. The molecule has 0 aromatic heterocycles. The fourth-order valence-electron chi connectivity index (χ4n) is 2.54. The smallest absolute Gasteiger partial charge is 0.255 e. The predicted octanol–water partition coefficient (Wildman–Crippen LogP) is 6.20. The number of halogens is 2. The normalized spacial score (nSPS) is 10.5. The Hall–Kier alpha value is -2.27. The van der Waals surface area contributed by atoms with E-state index in [1.165, 1.54) is 6.07 Å². The molecule has 1 N–H and O–H groups in total. The minimum absolute atomic E-state index is 0.282. The van der Waals surface area contributed by atoms with Gasteiger partial charge >= 0.3 is 0 Å². The number of carbonyl (C=O) groups is 2. The molecule has 3 aromatic carbocycles. The van der Waals surface area contributed by atoms with Crippen molar-refractivity contribution in [1.82, 2.24) is 0 Å². The molecule has 0 unspecified atom stereocenters. The Kier molecular flexibility index (Phi) is 6.22. The number of rotatable bonds is 5. The van der Waals surface area contributed by atoms with E-state index in [0.717, 1.165) is 4.90 Å². The van der Waals surface area contributed by atoms with Crippen LogP contribution in [0.25, 0.3) is 0 Å². The minimum Gasteiger partial charge on any atom is -0.321 e. The summed E-state index contributed by atoms with van der Waals surface area (Å²) in [6, 6.07) is 18.8. The zero-order chi connectivity index (χ0) is 19.4. The number of nitrogens with one attached hydrogen (secondary N) is 1. The average molecular weight is 416 g/mol. The van der Waals surface area contributed by atoms with E-state index in [1.807, 2.05) is 18.4 Å². The number of anilines is 1. The van der Waals surface area contributed by atoms with Crippen LogP contribution >= 0.6 is 35.0 Å². The summed E-state index contributed by atoms with van der Waals surface area (Å²) in [5, 5.41) is 3.53. The predicted molar refractivity (Wildman–Crippen MR) is 113 cm³/mol. The summed E-state index contributed by atoms with van der Waals surface area (Å²) in [6.07, 6.45) is 1.97. The van der Waals surface area contributed by atoms with Gasteiger partial charge < -0.3 is 5.32 Å². The van der Waals surface area contributed by atoms with Gasteiger partial charge in [-0.2, -0.15) is 0 Å². The van der Waals surface area contributed by atoms with Gasteiger partial charge in [0.15, 0.2) is 5.78 Å². The van der Waals surface area contributed by atoms with Gasteiger partial charge in [-0.3, -0.25) is 9.59 Å². The van der Waals surface area contributed by atoms with Crippen LogP contribution in [-0.2, 0) is 0 Å². The Morgan fingerprint density at radius 3 is 2.26 bits per heavy atom. The third-order valence-corrected chi connectivity index (χ3v) is 5.25. The molecule has 3 nitrogen and oxygen atoms in total. The molecule has 3 rings (SSSR count). The van der Waals surface area contributed by atoms with Gasteiger partial charge in [-0.15, -0.1) is 11.8 Å². The summed E-state index contributed by atoms with van der Waals surface area (Å²) in [7, 11) is 0. The van der Waals surface area contributed by atoms with Gasteiger partial charge in [0, 0.05) is 26.6 Å². The van der Waals surface area contributed by atoms with Crippen molar-refractivity contribution in [3.05, 3.63) is 93.5 Å². The number of amides is 1. The van der Waals surface area contributed by atoms with E-state index >= 15 is 0 Å². The van der Waals surface area contributed by atoms with Crippen molar-refractivity contribution in [3.8, 4) is 0 Å². The molecule has 0 aliphatic carbocycles. The molecule has 0 saturated heterocycles. The zero-order valence-corrected chi connectivity index (χ0v) is 16.7. The Morgan fingerprint density at radius 1 is 0.889 bits per heavy atom. The van der Waals surface area contributed by atoms with Gasteiger partial charge in [0.2, 0.25) is 0 Å². The van der Waals surface area contributed by atoms with Crippen LogP contribution in [0.5, 0.6) is 0 Å². The van der Waals surface area contributed by atoms with Crippen LogP contribution in [0.2, 0.25) is 10.0 Å². The van der Waals surface area contributed by atoms with Gasteiger partial charge in [0.1, 0.15) is 0 Å². The highest BCUT2D eigenvalue weighted by atomic mass is 35.5. The van der Waals surface area contributed by atoms with E-state index in [-0.39, 0.29) is 17.3 Å². The molecule has 0 aliphatic heterocycles. The Balaban J connectivity index is 1.93. The van der Waals surface area contributed by atoms with Crippen molar-refractivity contribution >= 4 is 52.3 Å². The van der Waals surface area contributed by atoms with Gasteiger partial charge in [0.25, 0.3) is 5.91 Å². The van der Waals surface area contributed by atoms with Gasteiger partial charge in [-0.1, -0.05) is 35.3 Å². The van der Waals surface area contributed by atoms with Crippen molar-refractivity contribution in [2.45, 2.75) is 4.90 Å². The molecule has 0 fully saturated rings. The van der Waals surface area contributed by atoms with Crippen LogP contribution in [0.1, 0.15) is 26.3 Å². The van der Waals surface area contributed by atoms with E-state index in [4.69, 9.17) is 23.2 Å². The lowest BCUT2D eigenvalue weighted by molar-refractivity contribution is 0.102. The van der Waals surface area contributed by atoms with Crippen LogP contribution in [0.4, 0.5) is 5.69 Å². The highest BCUT2D eigenvalue weighted by Gasteiger charge is 2.18. The van der Waals surface area contributed by atoms with E-state index in [0.29, 0.717) is 26.9 Å². The topological polar surface area (TPSA) is 46.2 Å². The van der Waals surface area contributed by atoms with Crippen LogP contribution < -0.4 is 5.32 Å². The fraction of sp³-hybridized carbons (Fsp3) is 0.0476. The average Bonchev–Trinajstić information content (AvgIpc) is 2.69. The molecule has 27 heavy (non-hydrogen) atoms. The minimum atomic E-state index is -0.309. The third kappa shape index (κ3) is 4.53. The monoisotopic (exact) mass is 415 g/mol. The lowest BCUT2D eigenvalue weighted by Gasteiger charge is -2.12. The maximum Gasteiger partial charge on any atom is 0.255 e. The molecular formula is C21H15Cl2NO2S. The maximum absolute atomic E-state index is 12.9. The quantitative estimate of drug-likeness (QED) is 0.398. The Morgan fingerprint density at radius 2 is 1.59 bits per heavy atom. The number of benzene rings is 3. The molecule has 0 bridgehead atoms. The lowest BCUT2D eigenvalue weighted by atomic mass is 10.0. The van der Waals surface area contributed by atoms with Gasteiger partial charge in [-0.25, -0.2) is 0 Å². The highest BCUT2D eigenvalue weighted by Crippen LogP contribution is 2.27. The lowest BCUT2D eigenvalue weighted by Crippen LogP contribution is -2.15. The summed E-state index contributed by atoms with van der Waals surface area (Å²) in [6.45, 7) is 0. The molecule has 6 heteroatoms. The molecule has 0 radical (unpaired) electrons. The van der Waals surface area contributed by atoms with Crippen molar-refractivity contribution in [3.63, 3.8) is 0 Å². The first-order valence-electron chi connectivity index (χ1n) is 8.04. The second-order valence-electron chi connectivity index (χ2n) is 5.68. The van der Waals surface area contributed by atoms with Crippen LogP contribution in [-0.4, -0.2) is 17.9 Å². The maximum atomic E-state index is 12.9. The van der Waals surface area contributed by atoms with E-state index in [1.54, 1.807) is 60.3 Å². The van der Waals surface area contributed by atoms with Crippen LogP contribution in [0, 0.1) is 0 Å². The summed E-state index contributed by atoms with van der Waals surface area (Å²) in [5.74, 6) is -0.616. The molecule has 0 heterocycles. The highest BCUT2D eigenvalue weighted by molar-refractivity contribution is 7.98. The summed E-state index contributed by atoms with van der Waals surface area (Å²) >= 11 is 13.8.